The summed E-state index contributed by atoms with van der Waals surface area (Å²) in [6.07, 6.45) is 2.88. The molecule has 2 rings (SSSR count). The first kappa shape index (κ1) is 20.3. The van der Waals surface area contributed by atoms with E-state index in [2.05, 4.69) is 15.9 Å². The summed E-state index contributed by atoms with van der Waals surface area (Å²) in [7, 11) is 1.56. The van der Waals surface area contributed by atoms with E-state index in [1.165, 1.54) is 6.08 Å². The fourth-order valence-corrected chi connectivity index (χ4v) is 2.94. The third kappa shape index (κ3) is 5.78. The van der Waals surface area contributed by atoms with Crippen molar-refractivity contribution in [1.82, 2.24) is 0 Å². The summed E-state index contributed by atoms with van der Waals surface area (Å²) < 4.78 is 17.1. The van der Waals surface area contributed by atoms with Crippen LogP contribution in [0.15, 0.2) is 46.9 Å². The number of benzene rings is 2. The minimum absolute atomic E-state index is 0.158. The molecule has 0 spiro atoms. The number of hydrogen-bond donors (Lipinski definition) is 0. The lowest BCUT2D eigenvalue weighted by atomic mass is 10.2. The zero-order chi connectivity index (χ0) is 19.1. The molecule has 0 bridgehead atoms. The second-order valence-electron chi connectivity index (χ2n) is 5.73. The van der Waals surface area contributed by atoms with Gasteiger partial charge in [-0.3, -0.25) is 0 Å². The molecule has 0 aliphatic carbocycles. The molecule has 0 aliphatic rings. The maximum atomic E-state index is 11.6. The van der Waals surface area contributed by atoms with E-state index in [9.17, 15) is 4.79 Å². The lowest BCUT2D eigenvalue weighted by Gasteiger charge is -2.14. The Kier molecular flexibility index (Phi) is 7.54. The van der Waals surface area contributed by atoms with Crippen LogP contribution in [-0.4, -0.2) is 19.2 Å². The highest BCUT2D eigenvalue weighted by molar-refractivity contribution is 9.10. The monoisotopic (exact) mass is 438 g/mol. The largest absolute Gasteiger partial charge is 0.493 e. The number of carbonyl (C=O) groups excluding carboxylic acids is 1. The summed E-state index contributed by atoms with van der Waals surface area (Å²) in [6, 6.07) is 11.1. The van der Waals surface area contributed by atoms with Crippen LogP contribution in [0.4, 0.5) is 0 Å². The van der Waals surface area contributed by atoms with E-state index in [1.807, 2.05) is 30.3 Å². The summed E-state index contributed by atoms with van der Waals surface area (Å²) in [6.45, 7) is 3.91. The predicted octanol–water partition coefficient (Wildman–Crippen LogP) is 5.65. The minimum atomic E-state index is -0.394. The lowest BCUT2D eigenvalue weighted by molar-refractivity contribution is -0.141. The standard InChI is InChI=1S/C20H20BrClO4/c1-13(2)26-19(23)9-8-14-10-16(21)20(18(11-14)24-3)25-12-15-6-4-5-7-17(15)22/h4-11,13H,12H2,1-3H3/b9-8+. The smallest absolute Gasteiger partial charge is 0.331 e. The molecule has 0 aliphatic heterocycles. The number of esters is 1. The van der Waals surface area contributed by atoms with Crippen LogP contribution in [0.1, 0.15) is 25.0 Å². The number of carbonyl (C=O) groups is 1. The molecule has 0 N–H and O–H groups in total. The van der Waals surface area contributed by atoms with Crippen molar-refractivity contribution < 1.29 is 19.0 Å². The highest BCUT2D eigenvalue weighted by Crippen LogP contribution is 2.37. The number of hydrogen-bond acceptors (Lipinski definition) is 4. The Balaban J connectivity index is 2.17. The molecule has 0 heterocycles. The van der Waals surface area contributed by atoms with Crippen LogP contribution >= 0.6 is 27.5 Å². The SMILES string of the molecule is COc1cc(/C=C/C(=O)OC(C)C)cc(Br)c1OCc1ccccc1Cl. The molecular formula is C20H20BrClO4. The zero-order valence-electron chi connectivity index (χ0n) is 14.8. The van der Waals surface area contributed by atoms with Gasteiger partial charge in [0.1, 0.15) is 6.61 Å². The third-order valence-corrected chi connectivity index (χ3v) is 4.30. The number of halogens is 2. The summed E-state index contributed by atoms with van der Waals surface area (Å²) in [5.74, 6) is 0.715. The van der Waals surface area contributed by atoms with Gasteiger partial charge in [-0.25, -0.2) is 4.79 Å². The van der Waals surface area contributed by atoms with Crippen LogP contribution in [0.2, 0.25) is 5.02 Å². The molecule has 26 heavy (non-hydrogen) atoms. The molecule has 6 heteroatoms. The van der Waals surface area contributed by atoms with Gasteiger partial charge >= 0.3 is 5.97 Å². The van der Waals surface area contributed by atoms with E-state index in [1.54, 1.807) is 33.1 Å². The Morgan fingerprint density at radius 1 is 1.27 bits per heavy atom. The molecule has 0 amide bonds. The van der Waals surface area contributed by atoms with E-state index in [0.717, 1.165) is 11.1 Å². The molecule has 0 atom stereocenters. The van der Waals surface area contributed by atoms with Crippen molar-refractivity contribution in [2.75, 3.05) is 7.11 Å². The van der Waals surface area contributed by atoms with Crippen molar-refractivity contribution in [3.8, 4) is 11.5 Å². The molecule has 4 nitrogen and oxygen atoms in total. The van der Waals surface area contributed by atoms with Crippen molar-refractivity contribution >= 4 is 39.6 Å². The summed E-state index contributed by atoms with van der Waals surface area (Å²) in [4.78, 5) is 11.6. The molecule has 0 unspecified atom stereocenters. The van der Waals surface area contributed by atoms with Gasteiger partial charge in [0, 0.05) is 16.7 Å². The molecule has 138 valence electrons. The molecule has 0 saturated heterocycles. The average molecular weight is 440 g/mol. The average Bonchev–Trinajstić information content (AvgIpc) is 2.59. The van der Waals surface area contributed by atoms with E-state index in [0.29, 0.717) is 27.6 Å². The summed E-state index contributed by atoms with van der Waals surface area (Å²) in [5, 5.41) is 0.644. The van der Waals surface area contributed by atoms with Gasteiger partial charge in [0.2, 0.25) is 0 Å². The van der Waals surface area contributed by atoms with Gasteiger partial charge < -0.3 is 14.2 Å². The highest BCUT2D eigenvalue weighted by Gasteiger charge is 2.12. The summed E-state index contributed by atoms with van der Waals surface area (Å²) in [5.41, 5.74) is 1.66. The first-order chi connectivity index (χ1) is 12.4. The second-order valence-corrected chi connectivity index (χ2v) is 6.99. The topological polar surface area (TPSA) is 44.8 Å². The second kappa shape index (κ2) is 9.64. The molecule has 0 fully saturated rings. The first-order valence-corrected chi connectivity index (χ1v) is 9.20. The predicted molar refractivity (Wildman–Crippen MR) is 107 cm³/mol. The van der Waals surface area contributed by atoms with Crippen molar-refractivity contribution in [3.63, 3.8) is 0 Å². The Morgan fingerprint density at radius 2 is 2.00 bits per heavy atom. The van der Waals surface area contributed by atoms with Crippen LogP contribution < -0.4 is 9.47 Å². The third-order valence-electron chi connectivity index (χ3n) is 3.35. The number of ether oxygens (including phenoxy) is 3. The Bertz CT molecular complexity index is 802. The van der Waals surface area contributed by atoms with Crippen LogP contribution in [0, 0.1) is 0 Å². The fraction of sp³-hybridized carbons (Fsp3) is 0.250. The van der Waals surface area contributed by atoms with Crippen molar-refractivity contribution in [2.24, 2.45) is 0 Å². The van der Waals surface area contributed by atoms with Gasteiger partial charge in [-0.05, 0) is 59.6 Å². The van der Waals surface area contributed by atoms with Crippen LogP contribution in [0.5, 0.6) is 11.5 Å². The Labute approximate surface area is 166 Å². The van der Waals surface area contributed by atoms with E-state index in [-0.39, 0.29) is 6.10 Å². The van der Waals surface area contributed by atoms with Crippen molar-refractivity contribution in [3.05, 3.63) is 63.1 Å². The molecule has 0 aromatic heterocycles. The molecule has 2 aromatic rings. The maximum Gasteiger partial charge on any atom is 0.331 e. The van der Waals surface area contributed by atoms with E-state index < -0.39 is 5.97 Å². The Hall–Kier alpha value is -1.98. The van der Waals surface area contributed by atoms with Gasteiger partial charge in [-0.15, -0.1) is 0 Å². The van der Waals surface area contributed by atoms with E-state index >= 15 is 0 Å². The zero-order valence-corrected chi connectivity index (χ0v) is 17.1. The highest BCUT2D eigenvalue weighted by atomic mass is 79.9. The molecular weight excluding hydrogens is 420 g/mol. The van der Waals surface area contributed by atoms with Gasteiger partial charge in [0.25, 0.3) is 0 Å². The fourth-order valence-electron chi connectivity index (χ4n) is 2.18. The summed E-state index contributed by atoms with van der Waals surface area (Å²) >= 11 is 9.65. The maximum absolute atomic E-state index is 11.6. The van der Waals surface area contributed by atoms with Crippen molar-refractivity contribution in [2.45, 2.75) is 26.6 Å². The normalized spacial score (nSPS) is 11.0. The lowest BCUT2D eigenvalue weighted by Crippen LogP contribution is -2.08. The van der Waals surface area contributed by atoms with Gasteiger partial charge in [0.15, 0.2) is 11.5 Å². The first-order valence-electron chi connectivity index (χ1n) is 8.03. The molecule has 0 radical (unpaired) electrons. The molecule has 0 saturated carbocycles. The number of rotatable bonds is 7. The van der Waals surface area contributed by atoms with Crippen molar-refractivity contribution in [1.29, 1.82) is 0 Å². The number of methoxy groups -OCH3 is 1. The van der Waals surface area contributed by atoms with Crippen LogP contribution in [0.3, 0.4) is 0 Å². The molecule has 2 aromatic carbocycles. The van der Waals surface area contributed by atoms with Crippen LogP contribution in [0.25, 0.3) is 6.08 Å². The van der Waals surface area contributed by atoms with Gasteiger partial charge in [-0.1, -0.05) is 29.8 Å². The minimum Gasteiger partial charge on any atom is -0.493 e. The quantitative estimate of drug-likeness (QED) is 0.413. The van der Waals surface area contributed by atoms with E-state index in [4.69, 9.17) is 25.8 Å². The van der Waals surface area contributed by atoms with Gasteiger partial charge in [0.05, 0.1) is 17.7 Å². The Morgan fingerprint density at radius 3 is 2.65 bits per heavy atom. The van der Waals surface area contributed by atoms with Crippen LogP contribution in [-0.2, 0) is 16.1 Å². The van der Waals surface area contributed by atoms with Gasteiger partial charge in [-0.2, -0.15) is 0 Å².